The maximum atomic E-state index is 12.1. The van der Waals surface area contributed by atoms with Crippen LogP contribution >= 0.6 is 54.5 Å². The fraction of sp³-hybridized carbons (Fsp3) is 0.0667. The van der Waals surface area contributed by atoms with Gasteiger partial charge in [-0.2, -0.15) is 5.10 Å². The fourth-order valence-corrected chi connectivity index (χ4v) is 3.47. The molecule has 0 saturated heterocycles. The highest BCUT2D eigenvalue weighted by Gasteiger charge is 2.08. The number of methoxy groups -OCH3 is 1. The van der Waals surface area contributed by atoms with E-state index in [0.29, 0.717) is 25.8 Å². The predicted molar refractivity (Wildman–Crippen MR) is 104 cm³/mol. The van der Waals surface area contributed by atoms with Crippen LogP contribution in [0, 0.1) is 3.57 Å². The number of nitrogens with one attached hydrogen (secondary N) is 1. The van der Waals surface area contributed by atoms with E-state index in [0.717, 1.165) is 3.57 Å². The molecule has 0 unspecified atom stereocenters. The first kappa shape index (κ1) is 18.2. The second-order valence-corrected chi connectivity index (χ2v) is 7.25. The molecule has 0 radical (unpaired) electrons. The summed E-state index contributed by atoms with van der Waals surface area (Å²) in [4.78, 5) is 12.1. The van der Waals surface area contributed by atoms with Crippen LogP contribution in [0.1, 0.15) is 15.9 Å². The lowest BCUT2D eigenvalue weighted by atomic mass is 10.2. The van der Waals surface area contributed by atoms with Crippen molar-refractivity contribution in [3.8, 4) is 11.5 Å². The first-order chi connectivity index (χ1) is 10.9. The molecular weight excluding hydrogens is 543 g/mol. The van der Waals surface area contributed by atoms with Crippen LogP contribution in [0.2, 0.25) is 0 Å². The Hall–Kier alpha value is -1.13. The largest absolute Gasteiger partial charge is 0.506 e. The molecule has 8 heteroatoms. The van der Waals surface area contributed by atoms with Crippen LogP contribution in [0.25, 0.3) is 0 Å². The second kappa shape index (κ2) is 8.11. The molecule has 0 aliphatic heterocycles. The molecule has 23 heavy (non-hydrogen) atoms. The number of aromatic hydroxyl groups is 1. The minimum absolute atomic E-state index is 0.108. The average molecular weight is 554 g/mol. The molecule has 0 bridgehead atoms. The predicted octanol–water partition coefficient (Wildman–Crippen LogP) is 4.29. The number of hydrogen-bond acceptors (Lipinski definition) is 4. The van der Waals surface area contributed by atoms with Crippen molar-refractivity contribution in [3.63, 3.8) is 0 Å². The summed E-state index contributed by atoms with van der Waals surface area (Å²) >= 11 is 8.60. The summed E-state index contributed by atoms with van der Waals surface area (Å²) in [5.74, 6) is 0.402. The summed E-state index contributed by atoms with van der Waals surface area (Å²) in [6, 6.07) is 8.52. The van der Waals surface area contributed by atoms with E-state index < -0.39 is 0 Å². The number of hydrazone groups is 1. The van der Waals surface area contributed by atoms with E-state index in [1.165, 1.54) is 6.21 Å². The lowest BCUT2D eigenvalue weighted by molar-refractivity contribution is 0.0954. The summed E-state index contributed by atoms with van der Waals surface area (Å²) in [6.07, 6.45) is 1.48. The number of benzene rings is 2. The molecule has 2 N–H and O–H groups in total. The Labute approximate surface area is 163 Å². The topological polar surface area (TPSA) is 70.9 Å². The number of rotatable bonds is 4. The number of phenolic OH excluding ortho intramolecular Hbond substituents is 1. The molecule has 0 spiro atoms. The lowest BCUT2D eigenvalue weighted by Crippen LogP contribution is -2.17. The third kappa shape index (κ3) is 4.67. The number of ether oxygens (including phenoxy) is 1. The molecule has 0 saturated carbocycles. The van der Waals surface area contributed by atoms with Gasteiger partial charge in [-0.1, -0.05) is 0 Å². The van der Waals surface area contributed by atoms with E-state index in [1.807, 2.05) is 0 Å². The van der Waals surface area contributed by atoms with Crippen molar-refractivity contribution in [1.29, 1.82) is 0 Å². The number of nitrogens with zero attached hydrogens (tertiary/aromatic N) is 1. The maximum Gasteiger partial charge on any atom is 0.271 e. The molecule has 0 atom stereocenters. The minimum atomic E-state index is -0.340. The van der Waals surface area contributed by atoms with Crippen molar-refractivity contribution in [1.82, 2.24) is 5.43 Å². The minimum Gasteiger partial charge on any atom is -0.506 e. The van der Waals surface area contributed by atoms with Crippen LogP contribution in [0.5, 0.6) is 11.5 Å². The molecule has 1 amide bonds. The zero-order chi connectivity index (χ0) is 17.0. The van der Waals surface area contributed by atoms with Crippen LogP contribution in [0.4, 0.5) is 0 Å². The molecule has 2 aromatic carbocycles. The smallest absolute Gasteiger partial charge is 0.271 e. The van der Waals surface area contributed by atoms with E-state index in [-0.39, 0.29) is 11.7 Å². The van der Waals surface area contributed by atoms with E-state index in [9.17, 15) is 9.90 Å². The van der Waals surface area contributed by atoms with Gasteiger partial charge in [-0.25, -0.2) is 5.43 Å². The van der Waals surface area contributed by atoms with Gasteiger partial charge >= 0.3 is 0 Å². The molecule has 120 valence electrons. The van der Waals surface area contributed by atoms with Crippen molar-refractivity contribution in [2.45, 2.75) is 0 Å². The van der Waals surface area contributed by atoms with E-state index in [4.69, 9.17) is 4.74 Å². The molecule has 2 rings (SSSR count). The van der Waals surface area contributed by atoms with Crippen molar-refractivity contribution in [2.24, 2.45) is 5.10 Å². The lowest BCUT2D eigenvalue weighted by Gasteiger charge is -2.06. The van der Waals surface area contributed by atoms with Gasteiger partial charge in [0.05, 0.1) is 25.8 Å². The van der Waals surface area contributed by atoms with Gasteiger partial charge in [0.15, 0.2) is 0 Å². The molecule has 0 fully saturated rings. The van der Waals surface area contributed by atoms with Crippen LogP contribution in [0.3, 0.4) is 0 Å². The quantitative estimate of drug-likeness (QED) is 0.337. The molecule has 2 aromatic rings. The second-order valence-electron chi connectivity index (χ2n) is 4.38. The van der Waals surface area contributed by atoms with Gasteiger partial charge in [0.25, 0.3) is 5.91 Å². The Kier molecular flexibility index (Phi) is 6.42. The van der Waals surface area contributed by atoms with E-state index in [2.05, 4.69) is 65.0 Å². The summed E-state index contributed by atoms with van der Waals surface area (Å²) in [6.45, 7) is 0. The van der Waals surface area contributed by atoms with E-state index >= 15 is 0 Å². The normalized spacial score (nSPS) is 10.8. The zero-order valence-electron chi connectivity index (χ0n) is 11.8. The number of hydrogen-bond donors (Lipinski definition) is 2. The molecule has 0 aliphatic rings. The van der Waals surface area contributed by atoms with Crippen molar-refractivity contribution in [2.75, 3.05) is 7.11 Å². The monoisotopic (exact) mass is 552 g/mol. The third-order valence-corrected chi connectivity index (χ3v) is 4.93. The number of amides is 1. The summed E-state index contributed by atoms with van der Waals surface area (Å²) in [7, 11) is 1.55. The van der Waals surface area contributed by atoms with E-state index in [1.54, 1.807) is 37.4 Å². The maximum absolute atomic E-state index is 12.1. The number of carbonyl (C=O) groups excluding carboxylic acids is 1. The Morgan fingerprint density at radius 2 is 1.96 bits per heavy atom. The molecular formula is C15H11Br2IN2O3. The van der Waals surface area contributed by atoms with Gasteiger partial charge in [0.1, 0.15) is 11.5 Å². The highest BCUT2D eigenvalue weighted by Crippen LogP contribution is 2.32. The first-order valence-electron chi connectivity index (χ1n) is 6.27. The van der Waals surface area contributed by atoms with Crippen molar-refractivity contribution in [3.05, 3.63) is 54.0 Å². The van der Waals surface area contributed by atoms with Gasteiger partial charge in [-0.05, 0) is 90.3 Å². The molecule has 5 nitrogen and oxygen atoms in total. The fourth-order valence-electron chi connectivity index (χ4n) is 1.69. The highest BCUT2D eigenvalue weighted by molar-refractivity contribution is 14.1. The third-order valence-electron chi connectivity index (χ3n) is 2.83. The van der Waals surface area contributed by atoms with Crippen molar-refractivity contribution >= 4 is 66.6 Å². The number of halogens is 3. The number of carbonyl (C=O) groups is 1. The molecule has 0 aromatic heterocycles. The van der Waals surface area contributed by atoms with Gasteiger partial charge in [-0.15, -0.1) is 0 Å². The van der Waals surface area contributed by atoms with Crippen LogP contribution in [0.15, 0.2) is 44.4 Å². The van der Waals surface area contributed by atoms with Gasteiger partial charge < -0.3 is 9.84 Å². The van der Waals surface area contributed by atoms with Crippen LogP contribution in [-0.2, 0) is 0 Å². The summed E-state index contributed by atoms with van der Waals surface area (Å²) < 4.78 is 7.17. The standard InChI is InChI=1S/C15H11Br2IN2O3/c1-23-13-6-9(2-3-12(13)18)15(22)20-19-7-8-4-10(16)14(21)11(17)5-8/h2-7,21H,1H3,(H,20,22)/b19-7+. The van der Waals surface area contributed by atoms with Gasteiger partial charge in [-0.3, -0.25) is 4.79 Å². The Bertz CT molecular complexity index is 758. The zero-order valence-corrected chi connectivity index (χ0v) is 17.1. The Balaban J connectivity index is 2.10. The van der Waals surface area contributed by atoms with Crippen LogP contribution < -0.4 is 10.2 Å². The molecule has 0 aliphatic carbocycles. The Morgan fingerprint density at radius 1 is 1.30 bits per heavy atom. The SMILES string of the molecule is COc1cc(C(=O)N/N=C/c2cc(Br)c(O)c(Br)c2)ccc1I. The first-order valence-corrected chi connectivity index (χ1v) is 8.94. The van der Waals surface area contributed by atoms with Gasteiger partial charge in [0, 0.05) is 5.56 Å². The van der Waals surface area contributed by atoms with Gasteiger partial charge in [0.2, 0.25) is 0 Å². The highest BCUT2D eigenvalue weighted by atomic mass is 127. The summed E-state index contributed by atoms with van der Waals surface area (Å²) in [5.41, 5.74) is 3.61. The van der Waals surface area contributed by atoms with Crippen molar-refractivity contribution < 1.29 is 14.6 Å². The molecule has 0 heterocycles. The van der Waals surface area contributed by atoms with Crippen LogP contribution in [-0.4, -0.2) is 24.3 Å². The average Bonchev–Trinajstić information content (AvgIpc) is 2.52. The number of phenols is 1. The Morgan fingerprint density at radius 3 is 2.57 bits per heavy atom. The summed E-state index contributed by atoms with van der Waals surface area (Å²) in [5, 5.41) is 13.6.